The molecule has 1 aromatic heterocycles. The molecular formula is C17H22N4O. The van der Waals surface area contributed by atoms with E-state index in [1.165, 1.54) is 5.56 Å². The zero-order chi connectivity index (χ0) is 15.7. The Morgan fingerprint density at radius 3 is 2.64 bits per heavy atom. The second-order valence-electron chi connectivity index (χ2n) is 6.52. The minimum atomic E-state index is 0.101. The molecule has 0 unspecified atom stereocenters. The third-order valence-corrected chi connectivity index (χ3v) is 3.89. The third-order valence-electron chi connectivity index (χ3n) is 3.89. The molecule has 1 aliphatic heterocycles. The zero-order valence-corrected chi connectivity index (χ0v) is 13.6. The van der Waals surface area contributed by atoms with E-state index in [1.54, 1.807) is 0 Å². The second kappa shape index (κ2) is 5.48. The van der Waals surface area contributed by atoms with Crippen LogP contribution in [0.4, 0.5) is 11.6 Å². The molecule has 3 rings (SSSR count). The fourth-order valence-electron chi connectivity index (χ4n) is 2.52. The summed E-state index contributed by atoms with van der Waals surface area (Å²) >= 11 is 0. The van der Waals surface area contributed by atoms with Gasteiger partial charge in [-0.05, 0) is 6.07 Å². The van der Waals surface area contributed by atoms with Gasteiger partial charge in [0.05, 0.1) is 6.61 Å². The van der Waals surface area contributed by atoms with E-state index in [-0.39, 0.29) is 5.41 Å². The van der Waals surface area contributed by atoms with E-state index in [1.807, 2.05) is 31.4 Å². The minimum Gasteiger partial charge on any atom is -0.492 e. The highest BCUT2D eigenvalue weighted by Crippen LogP contribution is 2.39. The van der Waals surface area contributed by atoms with Crippen molar-refractivity contribution >= 4 is 11.6 Å². The summed E-state index contributed by atoms with van der Waals surface area (Å²) in [6, 6.07) is 6.32. The smallest absolute Gasteiger partial charge is 0.224 e. The topological polar surface area (TPSA) is 50.3 Å². The molecule has 0 amide bonds. The molecule has 0 fully saturated rings. The molecule has 2 heterocycles. The van der Waals surface area contributed by atoms with Crippen LogP contribution in [0.2, 0.25) is 0 Å². The van der Waals surface area contributed by atoms with Crippen LogP contribution in [0.3, 0.4) is 0 Å². The lowest BCUT2D eigenvalue weighted by atomic mass is 9.87. The van der Waals surface area contributed by atoms with Crippen LogP contribution in [0.5, 0.6) is 5.75 Å². The lowest BCUT2D eigenvalue weighted by molar-refractivity contribution is 0.291. The maximum Gasteiger partial charge on any atom is 0.224 e. The number of benzene rings is 1. The lowest BCUT2D eigenvalue weighted by Gasteiger charge is -2.15. The number of rotatable bonds is 4. The van der Waals surface area contributed by atoms with E-state index in [4.69, 9.17) is 4.74 Å². The van der Waals surface area contributed by atoms with Gasteiger partial charge in [-0.15, -0.1) is 0 Å². The van der Waals surface area contributed by atoms with Crippen molar-refractivity contribution in [1.29, 1.82) is 0 Å². The molecule has 1 N–H and O–H groups in total. The Morgan fingerprint density at radius 2 is 1.95 bits per heavy atom. The Morgan fingerprint density at radius 1 is 1.23 bits per heavy atom. The summed E-state index contributed by atoms with van der Waals surface area (Å²) in [5.41, 5.74) is 3.47. The van der Waals surface area contributed by atoms with Gasteiger partial charge in [0.15, 0.2) is 0 Å². The van der Waals surface area contributed by atoms with Gasteiger partial charge in [-0.3, -0.25) is 0 Å². The van der Waals surface area contributed by atoms with Crippen LogP contribution in [0.1, 0.15) is 25.0 Å². The van der Waals surface area contributed by atoms with Crippen LogP contribution in [-0.4, -0.2) is 30.7 Å². The van der Waals surface area contributed by atoms with Gasteiger partial charge < -0.3 is 15.0 Å². The number of nitrogens with zero attached hydrogens (tertiary/aromatic N) is 3. The van der Waals surface area contributed by atoms with Crippen LogP contribution >= 0.6 is 0 Å². The van der Waals surface area contributed by atoms with Gasteiger partial charge in [0.25, 0.3) is 0 Å². The molecule has 1 aliphatic rings. The zero-order valence-electron chi connectivity index (χ0n) is 13.6. The Balaban J connectivity index is 1.67. The molecule has 0 saturated carbocycles. The van der Waals surface area contributed by atoms with Crippen molar-refractivity contribution in [3.05, 3.63) is 41.7 Å². The van der Waals surface area contributed by atoms with Crippen molar-refractivity contribution in [2.75, 3.05) is 30.9 Å². The number of anilines is 2. The van der Waals surface area contributed by atoms with Crippen LogP contribution < -0.4 is 15.0 Å². The molecule has 5 heteroatoms. The number of hydrogen-bond acceptors (Lipinski definition) is 5. The van der Waals surface area contributed by atoms with E-state index in [0.29, 0.717) is 6.54 Å². The molecule has 0 spiro atoms. The summed E-state index contributed by atoms with van der Waals surface area (Å²) in [6.45, 7) is 5.84. The number of nitrogens with one attached hydrogen (secondary N) is 1. The van der Waals surface area contributed by atoms with Crippen molar-refractivity contribution in [3.8, 4) is 5.75 Å². The summed E-state index contributed by atoms with van der Waals surface area (Å²) in [7, 11) is 3.86. The molecule has 2 aromatic rings. The summed E-state index contributed by atoms with van der Waals surface area (Å²) in [4.78, 5) is 10.5. The highest BCUT2D eigenvalue weighted by Gasteiger charge is 2.31. The van der Waals surface area contributed by atoms with Crippen molar-refractivity contribution in [2.24, 2.45) is 0 Å². The molecular weight excluding hydrogens is 276 g/mol. The number of aromatic nitrogens is 2. The van der Waals surface area contributed by atoms with Crippen LogP contribution in [0, 0.1) is 0 Å². The van der Waals surface area contributed by atoms with Gasteiger partial charge in [0.1, 0.15) is 5.75 Å². The predicted molar refractivity (Wildman–Crippen MR) is 88.6 cm³/mol. The van der Waals surface area contributed by atoms with Gasteiger partial charge in [0, 0.05) is 61.3 Å². The summed E-state index contributed by atoms with van der Waals surface area (Å²) in [5, 5.41) is 3.39. The van der Waals surface area contributed by atoms with Crippen LogP contribution in [-0.2, 0) is 12.0 Å². The summed E-state index contributed by atoms with van der Waals surface area (Å²) < 4.78 is 5.78. The monoisotopic (exact) mass is 298 g/mol. The van der Waals surface area contributed by atoms with Crippen molar-refractivity contribution < 1.29 is 4.74 Å². The quantitative estimate of drug-likeness (QED) is 0.940. The van der Waals surface area contributed by atoms with Gasteiger partial charge in [-0.2, -0.15) is 0 Å². The van der Waals surface area contributed by atoms with Crippen molar-refractivity contribution in [3.63, 3.8) is 0 Å². The minimum absolute atomic E-state index is 0.101. The Bertz CT molecular complexity index is 665. The molecule has 0 atom stereocenters. The van der Waals surface area contributed by atoms with Gasteiger partial charge in [-0.25, -0.2) is 9.97 Å². The van der Waals surface area contributed by atoms with E-state index < -0.39 is 0 Å². The SMILES string of the molecule is CN(C)c1ncc(CNc2ccc3c(c2)OCC3(C)C)cn1. The first-order chi connectivity index (χ1) is 10.5. The first-order valence-corrected chi connectivity index (χ1v) is 7.45. The number of fused-ring (bicyclic) bond motifs is 1. The van der Waals surface area contributed by atoms with E-state index >= 15 is 0 Å². The molecule has 116 valence electrons. The number of hydrogen-bond donors (Lipinski definition) is 1. The Hall–Kier alpha value is -2.30. The average molecular weight is 298 g/mol. The van der Waals surface area contributed by atoms with Gasteiger partial charge in [0.2, 0.25) is 5.95 Å². The standard InChI is InChI=1S/C17H22N4O/c1-17(2)11-22-15-7-13(5-6-14(15)17)18-8-12-9-19-16(20-10-12)21(3)4/h5-7,9-10,18H,8,11H2,1-4H3. The third kappa shape index (κ3) is 2.84. The molecule has 0 saturated heterocycles. The van der Waals surface area contributed by atoms with Crippen LogP contribution in [0.25, 0.3) is 0 Å². The fourth-order valence-corrected chi connectivity index (χ4v) is 2.52. The first-order valence-electron chi connectivity index (χ1n) is 7.45. The summed E-state index contributed by atoms with van der Waals surface area (Å²) in [5.74, 6) is 1.70. The summed E-state index contributed by atoms with van der Waals surface area (Å²) in [6.07, 6.45) is 3.70. The molecule has 0 aliphatic carbocycles. The molecule has 22 heavy (non-hydrogen) atoms. The Labute approximate surface area is 131 Å². The molecule has 5 nitrogen and oxygen atoms in total. The average Bonchev–Trinajstić information content (AvgIpc) is 2.81. The van der Waals surface area contributed by atoms with E-state index in [0.717, 1.165) is 29.6 Å². The van der Waals surface area contributed by atoms with E-state index in [9.17, 15) is 0 Å². The fraction of sp³-hybridized carbons (Fsp3) is 0.412. The predicted octanol–water partition coefficient (Wildman–Crippen LogP) is 2.82. The lowest BCUT2D eigenvalue weighted by Crippen LogP contribution is -2.18. The Kier molecular flexibility index (Phi) is 3.64. The van der Waals surface area contributed by atoms with E-state index in [2.05, 4.69) is 47.3 Å². The maximum absolute atomic E-state index is 5.78. The molecule has 0 bridgehead atoms. The largest absolute Gasteiger partial charge is 0.492 e. The second-order valence-corrected chi connectivity index (χ2v) is 6.52. The van der Waals surface area contributed by atoms with Crippen molar-refractivity contribution in [1.82, 2.24) is 9.97 Å². The maximum atomic E-state index is 5.78. The first kappa shape index (κ1) is 14.6. The van der Waals surface area contributed by atoms with Crippen LogP contribution in [0.15, 0.2) is 30.6 Å². The molecule has 0 radical (unpaired) electrons. The highest BCUT2D eigenvalue weighted by molar-refractivity contribution is 5.55. The normalized spacial score (nSPS) is 15.1. The number of ether oxygens (including phenoxy) is 1. The molecule has 1 aromatic carbocycles. The highest BCUT2D eigenvalue weighted by atomic mass is 16.5. The van der Waals surface area contributed by atoms with Gasteiger partial charge in [-0.1, -0.05) is 19.9 Å². The van der Waals surface area contributed by atoms with Crippen molar-refractivity contribution in [2.45, 2.75) is 25.8 Å². The van der Waals surface area contributed by atoms with Gasteiger partial charge >= 0.3 is 0 Å².